The molecule has 144 valence electrons. The predicted molar refractivity (Wildman–Crippen MR) is 80.9 cm³/mol. The standard InChI is InChI=1S/C17H17F6NO2/c1-24-9-8-15(7-3-2-4-14(15)24)11-5-6-12(25-16(18,19)20)13(10-11)26-17(21,22)23/h3,5-7,10,14H,2,4,8-9H2,1H3/t14?,15-/m0/s1. The highest BCUT2D eigenvalue weighted by Crippen LogP contribution is 2.48. The lowest BCUT2D eigenvalue weighted by atomic mass is 9.70. The van der Waals surface area contributed by atoms with Gasteiger partial charge in [-0.1, -0.05) is 18.2 Å². The van der Waals surface area contributed by atoms with Gasteiger partial charge in [0, 0.05) is 11.5 Å². The highest BCUT2D eigenvalue weighted by molar-refractivity contribution is 5.48. The maximum Gasteiger partial charge on any atom is 0.573 e. The molecule has 1 unspecified atom stereocenters. The van der Waals surface area contributed by atoms with E-state index in [1.54, 1.807) is 0 Å². The summed E-state index contributed by atoms with van der Waals surface area (Å²) in [5, 5.41) is 0. The van der Waals surface area contributed by atoms with Gasteiger partial charge in [-0.05, 0) is 50.6 Å². The zero-order chi connectivity index (χ0) is 19.2. The van der Waals surface area contributed by atoms with Crippen LogP contribution in [0, 0.1) is 0 Å². The monoisotopic (exact) mass is 381 g/mol. The number of hydrogen-bond donors (Lipinski definition) is 0. The van der Waals surface area contributed by atoms with Crippen LogP contribution in [0.4, 0.5) is 26.3 Å². The zero-order valence-electron chi connectivity index (χ0n) is 13.8. The largest absolute Gasteiger partial charge is 0.573 e. The summed E-state index contributed by atoms with van der Waals surface area (Å²) in [4.78, 5) is 2.12. The molecule has 26 heavy (non-hydrogen) atoms. The molecule has 1 aromatic rings. The highest BCUT2D eigenvalue weighted by atomic mass is 19.4. The Labute approximate surface area is 146 Å². The summed E-state index contributed by atoms with van der Waals surface area (Å²) in [5.74, 6) is -2.01. The number of benzene rings is 1. The van der Waals surface area contributed by atoms with Crippen molar-refractivity contribution in [1.82, 2.24) is 4.90 Å². The van der Waals surface area contributed by atoms with Crippen LogP contribution < -0.4 is 9.47 Å². The van der Waals surface area contributed by atoms with Crippen LogP contribution in [0.3, 0.4) is 0 Å². The van der Waals surface area contributed by atoms with Crippen molar-refractivity contribution in [2.45, 2.75) is 43.4 Å². The van der Waals surface area contributed by atoms with Gasteiger partial charge in [-0.3, -0.25) is 0 Å². The first-order valence-electron chi connectivity index (χ1n) is 8.04. The lowest BCUT2D eigenvalue weighted by Gasteiger charge is -2.38. The van der Waals surface area contributed by atoms with Gasteiger partial charge in [-0.2, -0.15) is 0 Å². The molecule has 2 aliphatic rings. The predicted octanol–water partition coefficient (Wildman–Crippen LogP) is 4.78. The van der Waals surface area contributed by atoms with Crippen LogP contribution in [0.25, 0.3) is 0 Å². The van der Waals surface area contributed by atoms with Crippen LogP contribution in [0.15, 0.2) is 30.4 Å². The molecule has 1 fully saturated rings. The molecule has 0 N–H and O–H groups in total. The molecule has 0 spiro atoms. The van der Waals surface area contributed by atoms with E-state index in [0.717, 1.165) is 31.5 Å². The molecule has 0 amide bonds. The molecule has 3 nitrogen and oxygen atoms in total. The smallest absolute Gasteiger partial charge is 0.402 e. The van der Waals surface area contributed by atoms with Crippen LogP contribution in [0.1, 0.15) is 24.8 Å². The van der Waals surface area contributed by atoms with Crippen LogP contribution in [-0.4, -0.2) is 37.3 Å². The Balaban J connectivity index is 2.04. The van der Waals surface area contributed by atoms with Crippen molar-refractivity contribution in [2.75, 3.05) is 13.6 Å². The molecule has 0 saturated carbocycles. The number of likely N-dealkylation sites (N-methyl/N-ethyl adjacent to an activating group) is 1. The van der Waals surface area contributed by atoms with Gasteiger partial charge in [0.25, 0.3) is 0 Å². The maximum absolute atomic E-state index is 12.7. The SMILES string of the molecule is CN1CC[C@]2(c3ccc(OC(F)(F)F)c(OC(F)(F)F)c3)C=CCCC12. The van der Waals surface area contributed by atoms with Crippen molar-refractivity contribution in [3.8, 4) is 11.5 Å². The van der Waals surface area contributed by atoms with Crippen molar-refractivity contribution >= 4 is 0 Å². The summed E-state index contributed by atoms with van der Waals surface area (Å²) in [6.45, 7) is 0.741. The summed E-state index contributed by atoms with van der Waals surface area (Å²) in [6.07, 6.45) is -4.02. The molecule has 1 aliphatic carbocycles. The fourth-order valence-electron chi connectivity index (χ4n) is 3.94. The minimum absolute atomic E-state index is 0.0700. The zero-order valence-corrected chi connectivity index (χ0v) is 13.8. The molecular formula is C17H17F6NO2. The number of alkyl halides is 6. The van der Waals surface area contributed by atoms with E-state index >= 15 is 0 Å². The number of rotatable bonds is 3. The Kier molecular flexibility index (Phi) is 4.62. The lowest BCUT2D eigenvalue weighted by molar-refractivity contribution is -0.287. The van der Waals surface area contributed by atoms with Crippen LogP contribution >= 0.6 is 0 Å². The average molecular weight is 381 g/mol. The number of fused-ring (bicyclic) bond motifs is 1. The van der Waals surface area contributed by atoms with Crippen LogP contribution in [-0.2, 0) is 5.41 Å². The average Bonchev–Trinajstić information content (AvgIpc) is 2.85. The van der Waals surface area contributed by atoms with Gasteiger partial charge in [0.1, 0.15) is 0 Å². The van der Waals surface area contributed by atoms with Gasteiger partial charge in [0.2, 0.25) is 0 Å². The third-order valence-corrected chi connectivity index (χ3v) is 4.96. The summed E-state index contributed by atoms with van der Waals surface area (Å²) in [6, 6.07) is 3.35. The van der Waals surface area contributed by atoms with E-state index in [1.807, 2.05) is 19.2 Å². The lowest BCUT2D eigenvalue weighted by Crippen LogP contribution is -2.41. The Morgan fingerprint density at radius 2 is 1.69 bits per heavy atom. The second-order valence-corrected chi connectivity index (χ2v) is 6.52. The Bertz CT molecular complexity index is 699. The van der Waals surface area contributed by atoms with Crippen molar-refractivity contribution < 1.29 is 35.8 Å². The molecule has 1 heterocycles. The highest BCUT2D eigenvalue weighted by Gasteiger charge is 2.47. The molecule has 3 rings (SSSR count). The normalized spacial score (nSPS) is 26.7. The number of hydrogen-bond acceptors (Lipinski definition) is 3. The molecule has 1 saturated heterocycles. The summed E-state index contributed by atoms with van der Waals surface area (Å²) in [5.41, 5.74) is -0.0652. The van der Waals surface area contributed by atoms with Crippen LogP contribution in [0.2, 0.25) is 0 Å². The molecule has 0 radical (unpaired) electrons. The first kappa shape index (κ1) is 18.9. The summed E-state index contributed by atoms with van der Waals surface area (Å²) >= 11 is 0. The van der Waals surface area contributed by atoms with Crippen molar-refractivity contribution in [3.63, 3.8) is 0 Å². The minimum atomic E-state index is -5.13. The molecular weight excluding hydrogens is 364 g/mol. The van der Waals surface area contributed by atoms with E-state index in [9.17, 15) is 26.3 Å². The molecule has 9 heteroatoms. The van der Waals surface area contributed by atoms with E-state index in [0.29, 0.717) is 12.0 Å². The topological polar surface area (TPSA) is 21.7 Å². The third kappa shape index (κ3) is 3.77. The van der Waals surface area contributed by atoms with E-state index in [4.69, 9.17) is 0 Å². The maximum atomic E-state index is 12.7. The van der Waals surface area contributed by atoms with Crippen molar-refractivity contribution in [2.24, 2.45) is 0 Å². The van der Waals surface area contributed by atoms with Crippen molar-refractivity contribution in [3.05, 3.63) is 35.9 Å². The minimum Gasteiger partial charge on any atom is -0.402 e. The fourth-order valence-corrected chi connectivity index (χ4v) is 3.94. The number of halogens is 6. The first-order chi connectivity index (χ1) is 12.0. The number of allylic oxidation sites excluding steroid dienone is 1. The second-order valence-electron chi connectivity index (χ2n) is 6.52. The number of ether oxygens (including phenoxy) is 2. The summed E-state index contributed by atoms with van der Waals surface area (Å²) < 4.78 is 83.0. The number of likely N-dealkylation sites (tertiary alicyclic amines) is 1. The van der Waals surface area contributed by atoms with Gasteiger partial charge in [0.15, 0.2) is 11.5 Å². The Morgan fingerprint density at radius 3 is 2.35 bits per heavy atom. The van der Waals surface area contributed by atoms with Crippen molar-refractivity contribution in [1.29, 1.82) is 0 Å². The molecule has 1 aromatic carbocycles. The third-order valence-electron chi connectivity index (χ3n) is 4.96. The fraction of sp³-hybridized carbons (Fsp3) is 0.529. The second kappa shape index (κ2) is 6.37. The first-order valence-corrected chi connectivity index (χ1v) is 8.04. The number of nitrogens with zero attached hydrogens (tertiary/aromatic N) is 1. The van der Waals surface area contributed by atoms with Crippen LogP contribution in [0.5, 0.6) is 11.5 Å². The molecule has 1 aliphatic heterocycles. The van der Waals surface area contributed by atoms with Gasteiger partial charge in [-0.15, -0.1) is 26.3 Å². The Hall–Kier alpha value is -1.90. The van der Waals surface area contributed by atoms with Gasteiger partial charge in [-0.25, -0.2) is 0 Å². The Morgan fingerprint density at radius 1 is 1.04 bits per heavy atom. The molecule has 2 atom stereocenters. The van der Waals surface area contributed by atoms with Gasteiger partial charge >= 0.3 is 12.7 Å². The molecule has 0 aromatic heterocycles. The van der Waals surface area contributed by atoms with E-state index in [1.165, 1.54) is 6.07 Å². The summed E-state index contributed by atoms with van der Waals surface area (Å²) in [7, 11) is 1.93. The van der Waals surface area contributed by atoms with E-state index < -0.39 is 29.6 Å². The quantitative estimate of drug-likeness (QED) is 0.556. The van der Waals surface area contributed by atoms with E-state index in [2.05, 4.69) is 14.4 Å². The van der Waals surface area contributed by atoms with Gasteiger partial charge < -0.3 is 14.4 Å². The van der Waals surface area contributed by atoms with E-state index in [-0.39, 0.29) is 6.04 Å². The molecule has 0 bridgehead atoms. The van der Waals surface area contributed by atoms with Gasteiger partial charge in [0.05, 0.1) is 0 Å².